The van der Waals surface area contributed by atoms with E-state index in [1.807, 2.05) is 11.7 Å². The van der Waals surface area contributed by atoms with Gasteiger partial charge in [-0.1, -0.05) is 19.8 Å². The number of hydrogen-bond donors (Lipinski definition) is 1. The van der Waals surface area contributed by atoms with Crippen LogP contribution in [0.5, 0.6) is 0 Å². The third-order valence-electron chi connectivity index (χ3n) is 3.86. The summed E-state index contributed by atoms with van der Waals surface area (Å²) in [5.74, 6) is 0. The molecule has 1 unspecified atom stereocenters. The lowest BCUT2D eigenvalue weighted by atomic mass is 9.89. The lowest BCUT2D eigenvalue weighted by Crippen LogP contribution is -2.52. The van der Waals surface area contributed by atoms with Crippen LogP contribution >= 0.6 is 11.3 Å². The van der Waals surface area contributed by atoms with Gasteiger partial charge in [0, 0.05) is 30.1 Å². The lowest BCUT2D eigenvalue weighted by Gasteiger charge is -2.37. The van der Waals surface area contributed by atoms with E-state index in [-0.39, 0.29) is 5.60 Å². The highest BCUT2D eigenvalue weighted by molar-refractivity contribution is 7.09. The Balaban J connectivity index is 2.10. The third-order valence-corrected chi connectivity index (χ3v) is 4.66. The minimum Gasteiger partial charge on any atom is -0.374 e. The number of nitrogens with zero attached hydrogens (tertiary/aromatic N) is 1. The number of aromatic nitrogens is 1. The molecule has 1 aromatic heterocycles. The maximum atomic E-state index is 6.18. The van der Waals surface area contributed by atoms with Crippen molar-refractivity contribution in [3.05, 3.63) is 16.6 Å². The number of rotatable bonds is 7. The number of hydrogen-bond acceptors (Lipinski definition) is 4. The van der Waals surface area contributed by atoms with Gasteiger partial charge in [-0.15, -0.1) is 11.3 Å². The van der Waals surface area contributed by atoms with E-state index < -0.39 is 0 Å². The minimum absolute atomic E-state index is 0.0503. The van der Waals surface area contributed by atoms with Crippen LogP contribution in [-0.2, 0) is 11.2 Å². The Hall–Kier alpha value is -0.450. The summed E-state index contributed by atoms with van der Waals surface area (Å²) in [5, 5.41) is 3.64. The van der Waals surface area contributed by atoms with Gasteiger partial charge in [-0.3, -0.25) is 4.98 Å². The first kappa shape index (κ1) is 14.0. The molecule has 1 atom stereocenters. The van der Waals surface area contributed by atoms with E-state index in [1.165, 1.54) is 30.6 Å². The summed E-state index contributed by atoms with van der Waals surface area (Å²) < 4.78 is 6.18. The molecule has 0 radical (unpaired) electrons. The summed E-state index contributed by atoms with van der Waals surface area (Å²) in [6.07, 6.45) is 8.01. The van der Waals surface area contributed by atoms with E-state index in [0.717, 1.165) is 19.6 Å². The van der Waals surface area contributed by atoms with E-state index >= 15 is 0 Å². The summed E-state index contributed by atoms with van der Waals surface area (Å²) in [6, 6.07) is 0.422. The summed E-state index contributed by atoms with van der Waals surface area (Å²) in [5.41, 5.74) is 1.97. The fourth-order valence-electron chi connectivity index (χ4n) is 3.09. The van der Waals surface area contributed by atoms with E-state index in [0.29, 0.717) is 6.04 Å². The highest BCUT2D eigenvalue weighted by Crippen LogP contribution is 2.37. The second kappa shape index (κ2) is 6.64. The van der Waals surface area contributed by atoms with Crippen molar-refractivity contribution in [2.45, 2.75) is 57.6 Å². The molecule has 1 N–H and O–H groups in total. The van der Waals surface area contributed by atoms with Crippen molar-refractivity contribution < 1.29 is 4.74 Å². The maximum absolute atomic E-state index is 6.18. The molecular weight excluding hydrogens is 244 g/mol. The Kier molecular flexibility index (Phi) is 5.15. The number of ether oxygens (including phenoxy) is 1. The molecule has 0 aromatic carbocycles. The van der Waals surface area contributed by atoms with Gasteiger partial charge in [0.2, 0.25) is 0 Å². The summed E-state index contributed by atoms with van der Waals surface area (Å²) >= 11 is 1.75. The van der Waals surface area contributed by atoms with Crippen LogP contribution in [0, 0.1) is 0 Å². The van der Waals surface area contributed by atoms with Crippen LogP contribution in [0.3, 0.4) is 0 Å². The Morgan fingerprint density at radius 2 is 2.22 bits per heavy atom. The van der Waals surface area contributed by atoms with Crippen LogP contribution in [0.4, 0.5) is 0 Å². The minimum atomic E-state index is 0.0503. The normalized spacial score (nSPS) is 20.1. The zero-order valence-corrected chi connectivity index (χ0v) is 12.3. The Morgan fingerprint density at radius 1 is 1.44 bits per heavy atom. The molecular formula is C14H24N2OS. The second-order valence-corrected chi connectivity index (χ2v) is 5.96. The standard InChI is InChI=1S/C14H24N2OS/c1-3-16-13(9-12-10-15-11-18-12)14(17-4-2)7-5-6-8-14/h10-11,13,16H,3-9H2,1-2H3. The molecule has 0 aliphatic heterocycles. The Labute approximate surface area is 114 Å². The van der Waals surface area contributed by atoms with Gasteiger partial charge in [0.25, 0.3) is 0 Å². The smallest absolute Gasteiger partial charge is 0.0838 e. The fourth-order valence-corrected chi connectivity index (χ4v) is 3.73. The molecule has 18 heavy (non-hydrogen) atoms. The Morgan fingerprint density at radius 3 is 2.78 bits per heavy atom. The van der Waals surface area contributed by atoms with E-state index in [2.05, 4.69) is 24.1 Å². The molecule has 1 heterocycles. The number of thiazole rings is 1. The molecule has 1 saturated carbocycles. The van der Waals surface area contributed by atoms with E-state index in [1.54, 1.807) is 11.3 Å². The summed E-state index contributed by atoms with van der Waals surface area (Å²) in [6.45, 7) is 6.09. The lowest BCUT2D eigenvalue weighted by molar-refractivity contribution is -0.0608. The van der Waals surface area contributed by atoms with Crippen LogP contribution in [0.1, 0.15) is 44.4 Å². The average molecular weight is 268 g/mol. The molecule has 102 valence electrons. The van der Waals surface area contributed by atoms with Gasteiger partial charge in [0.05, 0.1) is 11.1 Å². The van der Waals surface area contributed by atoms with Gasteiger partial charge in [-0.05, 0) is 26.3 Å². The predicted molar refractivity (Wildman–Crippen MR) is 76.1 cm³/mol. The van der Waals surface area contributed by atoms with Crippen molar-refractivity contribution in [2.24, 2.45) is 0 Å². The molecule has 1 aliphatic rings. The summed E-state index contributed by atoms with van der Waals surface area (Å²) in [4.78, 5) is 5.53. The molecule has 0 saturated heterocycles. The highest BCUT2D eigenvalue weighted by Gasteiger charge is 2.41. The van der Waals surface area contributed by atoms with Crippen molar-refractivity contribution in [1.29, 1.82) is 0 Å². The first-order valence-electron chi connectivity index (χ1n) is 7.05. The van der Waals surface area contributed by atoms with Gasteiger partial charge >= 0.3 is 0 Å². The van der Waals surface area contributed by atoms with Gasteiger partial charge in [0.1, 0.15) is 0 Å². The molecule has 1 aliphatic carbocycles. The monoisotopic (exact) mass is 268 g/mol. The summed E-state index contributed by atoms with van der Waals surface area (Å²) in [7, 11) is 0. The SMILES string of the molecule is CCNC(Cc1cncs1)C1(OCC)CCCC1. The van der Waals surface area contributed by atoms with Crippen molar-refractivity contribution in [3.63, 3.8) is 0 Å². The first-order valence-corrected chi connectivity index (χ1v) is 7.93. The van der Waals surface area contributed by atoms with Crippen LogP contribution in [0.25, 0.3) is 0 Å². The van der Waals surface area contributed by atoms with Crippen LogP contribution in [-0.4, -0.2) is 29.8 Å². The highest BCUT2D eigenvalue weighted by atomic mass is 32.1. The number of nitrogens with one attached hydrogen (secondary N) is 1. The van der Waals surface area contributed by atoms with Crippen LogP contribution in [0.15, 0.2) is 11.7 Å². The molecule has 1 aromatic rings. The molecule has 0 amide bonds. The number of likely N-dealkylation sites (N-methyl/N-ethyl adjacent to an activating group) is 1. The molecule has 4 heteroatoms. The quantitative estimate of drug-likeness (QED) is 0.825. The van der Waals surface area contributed by atoms with Crippen LogP contribution < -0.4 is 5.32 Å². The molecule has 0 spiro atoms. The van der Waals surface area contributed by atoms with E-state index in [9.17, 15) is 0 Å². The maximum Gasteiger partial charge on any atom is 0.0838 e. The molecule has 1 fully saturated rings. The Bertz CT molecular complexity index is 334. The average Bonchev–Trinajstić information content (AvgIpc) is 3.01. The largest absolute Gasteiger partial charge is 0.374 e. The van der Waals surface area contributed by atoms with Gasteiger partial charge < -0.3 is 10.1 Å². The van der Waals surface area contributed by atoms with Crippen molar-refractivity contribution in [2.75, 3.05) is 13.2 Å². The van der Waals surface area contributed by atoms with Crippen molar-refractivity contribution in [3.8, 4) is 0 Å². The van der Waals surface area contributed by atoms with Crippen molar-refractivity contribution >= 4 is 11.3 Å². The third kappa shape index (κ3) is 3.11. The fraction of sp³-hybridized carbons (Fsp3) is 0.786. The van der Waals surface area contributed by atoms with Gasteiger partial charge in [0.15, 0.2) is 0 Å². The predicted octanol–water partition coefficient (Wildman–Crippen LogP) is 3.01. The molecule has 0 bridgehead atoms. The first-order chi connectivity index (χ1) is 8.80. The molecule has 3 nitrogen and oxygen atoms in total. The van der Waals surface area contributed by atoms with Crippen molar-refractivity contribution in [1.82, 2.24) is 10.3 Å². The second-order valence-electron chi connectivity index (χ2n) is 4.99. The zero-order valence-electron chi connectivity index (χ0n) is 11.4. The van der Waals surface area contributed by atoms with Crippen LogP contribution in [0.2, 0.25) is 0 Å². The van der Waals surface area contributed by atoms with Gasteiger partial charge in [-0.2, -0.15) is 0 Å². The van der Waals surface area contributed by atoms with E-state index in [4.69, 9.17) is 4.74 Å². The molecule has 2 rings (SSSR count). The van der Waals surface area contributed by atoms with Gasteiger partial charge in [-0.25, -0.2) is 0 Å². The topological polar surface area (TPSA) is 34.2 Å². The zero-order chi connectivity index (χ0) is 12.8.